The van der Waals surface area contributed by atoms with Crippen LogP contribution in [0.5, 0.6) is 0 Å². The second-order valence-electron chi connectivity index (χ2n) is 6.76. The number of hydrogen-bond acceptors (Lipinski definition) is 3. The summed E-state index contributed by atoms with van der Waals surface area (Å²) in [5.41, 5.74) is 2.59. The van der Waals surface area contributed by atoms with Crippen LogP contribution in [-0.4, -0.2) is 48.0 Å². The normalized spacial score (nSPS) is 16.6. The first kappa shape index (κ1) is 17.1. The quantitative estimate of drug-likeness (QED) is 0.809. The number of nitrogens with zero attached hydrogens (tertiary/aromatic N) is 3. The Morgan fingerprint density at radius 1 is 1.08 bits per heavy atom. The summed E-state index contributed by atoms with van der Waals surface area (Å²) in [6.07, 6.45) is 6.25. The number of likely N-dealkylation sites (tertiary alicyclic amines) is 1. The van der Waals surface area contributed by atoms with Gasteiger partial charge in [-0.05, 0) is 74.3 Å². The zero-order valence-corrected chi connectivity index (χ0v) is 14.4. The number of halogens is 1. The maximum Gasteiger partial charge on any atom is 0.123 e. The Bertz CT molecular complexity index is 607. The minimum Gasteiger partial charge on any atom is -0.302 e. The summed E-state index contributed by atoms with van der Waals surface area (Å²) in [6.45, 7) is 5.33. The molecule has 1 aliphatic heterocycles. The van der Waals surface area contributed by atoms with E-state index < -0.39 is 0 Å². The third-order valence-electron chi connectivity index (χ3n) is 4.93. The lowest BCUT2D eigenvalue weighted by Gasteiger charge is -2.33. The van der Waals surface area contributed by atoms with Gasteiger partial charge < -0.3 is 9.80 Å². The lowest BCUT2D eigenvalue weighted by atomic mass is 9.90. The second-order valence-corrected chi connectivity index (χ2v) is 6.76. The van der Waals surface area contributed by atoms with Crippen molar-refractivity contribution in [3.05, 3.63) is 65.7 Å². The van der Waals surface area contributed by atoms with Crippen molar-refractivity contribution in [2.24, 2.45) is 0 Å². The number of pyridine rings is 1. The monoisotopic (exact) mass is 327 g/mol. The summed E-state index contributed by atoms with van der Waals surface area (Å²) in [5, 5.41) is 0. The second kappa shape index (κ2) is 8.36. The fourth-order valence-electron chi connectivity index (χ4n) is 3.42. The first-order valence-electron chi connectivity index (χ1n) is 8.76. The van der Waals surface area contributed by atoms with Crippen LogP contribution in [-0.2, 0) is 6.54 Å². The molecule has 0 atom stereocenters. The van der Waals surface area contributed by atoms with Gasteiger partial charge in [0.1, 0.15) is 5.82 Å². The molecule has 0 N–H and O–H groups in total. The fourth-order valence-corrected chi connectivity index (χ4v) is 3.42. The van der Waals surface area contributed by atoms with Crippen molar-refractivity contribution < 1.29 is 4.39 Å². The smallest absolute Gasteiger partial charge is 0.123 e. The van der Waals surface area contributed by atoms with Gasteiger partial charge in [-0.1, -0.05) is 12.1 Å². The Balaban J connectivity index is 1.39. The Labute approximate surface area is 144 Å². The van der Waals surface area contributed by atoms with Gasteiger partial charge in [0.15, 0.2) is 0 Å². The summed E-state index contributed by atoms with van der Waals surface area (Å²) in [6, 6.07) is 11.1. The molecule has 0 unspecified atom stereocenters. The molecular formula is C20H26FN3. The molecule has 3 rings (SSSR count). The van der Waals surface area contributed by atoms with Crippen LogP contribution in [0.4, 0.5) is 4.39 Å². The highest BCUT2D eigenvalue weighted by molar-refractivity contribution is 5.17. The first-order chi connectivity index (χ1) is 11.7. The van der Waals surface area contributed by atoms with Crippen molar-refractivity contribution in [3.8, 4) is 0 Å². The van der Waals surface area contributed by atoms with Gasteiger partial charge in [0.25, 0.3) is 0 Å². The van der Waals surface area contributed by atoms with Gasteiger partial charge in [0, 0.05) is 32.0 Å². The summed E-state index contributed by atoms with van der Waals surface area (Å²) in [5.74, 6) is 0.514. The molecule has 0 amide bonds. The van der Waals surface area contributed by atoms with Crippen molar-refractivity contribution >= 4 is 0 Å². The molecule has 0 saturated carbocycles. The molecule has 2 heterocycles. The molecule has 2 aromatic rings. The highest BCUT2D eigenvalue weighted by Crippen LogP contribution is 2.27. The molecule has 0 radical (unpaired) electrons. The van der Waals surface area contributed by atoms with Crippen LogP contribution in [0.3, 0.4) is 0 Å². The predicted octanol–water partition coefficient (Wildman–Crippen LogP) is 3.53. The van der Waals surface area contributed by atoms with Gasteiger partial charge in [-0.15, -0.1) is 0 Å². The molecule has 1 aliphatic rings. The van der Waals surface area contributed by atoms with Gasteiger partial charge in [-0.2, -0.15) is 0 Å². The molecule has 4 heteroatoms. The fraction of sp³-hybridized carbons (Fsp3) is 0.450. The van der Waals surface area contributed by atoms with Crippen LogP contribution in [0.1, 0.15) is 29.9 Å². The van der Waals surface area contributed by atoms with E-state index in [1.807, 2.05) is 24.5 Å². The molecular weight excluding hydrogens is 301 g/mol. The Morgan fingerprint density at radius 2 is 1.75 bits per heavy atom. The molecule has 24 heavy (non-hydrogen) atoms. The van der Waals surface area contributed by atoms with E-state index in [1.54, 1.807) is 0 Å². The van der Waals surface area contributed by atoms with Crippen LogP contribution < -0.4 is 0 Å². The summed E-state index contributed by atoms with van der Waals surface area (Å²) >= 11 is 0. The van der Waals surface area contributed by atoms with Gasteiger partial charge in [-0.25, -0.2) is 4.39 Å². The third-order valence-corrected chi connectivity index (χ3v) is 4.93. The average Bonchev–Trinajstić information content (AvgIpc) is 2.63. The van der Waals surface area contributed by atoms with E-state index in [0.717, 1.165) is 38.3 Å². The molecule has 128 valence electrons. The number of rotatable bonds is 6. The maximum atomic E-state index is 12.9. The van der Waals surface area contributed by atoms with Crippen LogP contribution in [0.25, 0.3) is 0 Å². The van der Waals surface area contributed by atoms with Crippen molar-refractivity contribution in [3.63, 3.8) is 0 Å². The first-order valence-corrected chi connectivity index (χ1v) is 8.76. The van der Waals surface area contributed by atoms with E-state index in [4.69, 9.17) is 0 Å². The van der Waals surface area contributed by atoms with E-state index in [9.17, 15) is 4.39 Å². The minimum absolute atomic E-state index is 0.168. The number of hydrogen-bond donors (Lipinski definition) is 0. The van der Waals surface area contributed by atoms with E-state index in [1.165, 1.54) is 30.5 Å². The molecule has 0 bridgehead atoms. The SMILES string of the molecule is CN(CCN1CCC(c2ccncc2)CC1)Cc1ccc(F)cc1. The molecule has 1 fully saturated rings. The molecule has 1 aromatic heterocycles. The molecule has 0 spiro atoms. The van der Waals surface area contributed by atoms with Gasteiger partial charge in [0.05, 0.1) is 0 Å². The van der Waals surface area contributed by atoms with E-state index in [2.05, 4.69) is 34.0 Å². The zero-order valence-electron chi connectivity index (χ0n) is 14.4. The number of benzene rings is 1. The highest BCUT2D eigenvalue weighted by atomic mass is 19.1. The van der Waals surface area contributed by atoms with E-state index >= 15 is 0 Å². The number of piperidine rings is 1. The number of aromatic nitrogens is 1. The zero-order chi connectivity index (χ0) is 16.8. The van der Waals surface area contributed by atoms with Crippen molar-refractivity contribution in [1.29, 1.82) is 0 Å². The predicted molar refractivity (Wildman–Crippen MR) is 95.4 cm³/mol. The molecule has 1 aromatic carbocycles. The van der Waals surface area contributed by atoms with Gasteiger partial charge >= 0.3 is 0 Å². The largest absolute Gasteiger partial charge is 0.302 e. The average molecular weight is 327 g/mol. The lowest BCUT2D eigenvalue weighted by Crippen LogP contribution is -2.38. The van der Waals surface area contributed by atoms with Crippen LogP contribution >= 0.6 is 0 Å². The van der Waals surface area contributed by atoms with Crippen LogP contribution in [0, 0.1) is 5.82 Å². The Hall–Kier alpha value is -1.78. The van der Waals surface area contributed by atoms with Gasteiger partial charge in [0.2, 0.25) is 0 Å². The van der Waals surface area contributed by atoms with E-state index in [-0.39, 0.29) is 5.82 Å². The van der Waals surface area contributed by atoms with Crippen molar-refractivity contribution in [2.45, 2.75) is 25.3 Å². The van der Waals surface area contributed by atoms with Crippen molar-refractivity contribution in [2.75, 3.05) is 33.2 Å². The van der Waals surface area contributed by atoms with Crippen LogP contribution in [0.15, 0.2) is 48.8 Å². The molecule has 3 nitrogen and oxygen atoms in total. The van der Waals surface area contributed by atoms with Crippen LogP contribution in [0.2, 0.25) is 0 Å². The minimum atomic E-state index is -0.168. The van der Waals surface area contributed by atoms with Gasteiger partial charge in [-0.3, -0.25) is 4.98 Å². The Morgan fingerprint density at radius 3 is 2.42 bits per heavy atom. The lowest BCUT2D eigenvalue weighted by molar-refractivity contribution is 0.183. The summed E-state index contributed by atoms with van der Waals surface area (Å²) in [7, 11) is 2.13. The summed E-state index contributed by atoms with van der Waals surface area (Å²) < 4.78 is 12.9. The molecule has 1 saturated heterocycles. The molecule has 0 aliphatic carbocycles. The Kier molecular flexibility index (Phi) is 5.94. The number of likely N-dealkylation sites (N-methyl/N-ethyl adjacent to an activating group) is 1. The highest BCUT2D eigenvalue weighted by Gasteiger charge is 2.20. The van der Waals surface area contributed by atoms with E-state index in [0.29, 0.717) is 5.92 Å². The topological polar surface area (TPSA) is 19.4 Å². The van der Waals surface area contributed by atoms with Crippen molar-refractivity contribution in [1.82, 2.24) is 14.8 Å². The standard InChI is InChI=1S/C20H26FN3/c1-23(16-17-2-4-20(21)5-3-17)14-15-24-12-8-19(9-13-24)18-6-10-22-11-7-18/h2-7,10-11,19H,8-9,12-16H2,1H3. The summed E-state index contributed by atoms with van der Waals surface area (Å²) in [4.78, 5) is 8.97. The third kappa shape index (κ3) is 4.86. The maximum absolute atomic E-state index is 12.9.